The second-order valence-electron chi connectivity index (χ2n) is 4.50. The summed E-state index contributed by atoms with van der Waals surface area (Å²) in [7, 11) is 1.60. The predicted octanol–water partition coefficient (Wildman–Crippen LogP) is 3.95. The van der Waals surface area contributed by atoms with Gasteiger partial charge in [0.15, 0.2) is 0 Å². The molecule has 0 saturated heterocycles. The highest BCUT2D eigenvalue weighted by molar-refractivity contribution is 9.10. The molecule has 0 unspecified atom stereocenters. The number of aryl methyl sites for hydroxylation is 1. The van der Waals surface area contributed by atoms with Crippen LogP contribution < -0.4 is 10.1 Å². The van der Waals surface area contributed by atoms with Crippen molar-refractivity contribution in [1.82, 2.24) is 0 Å². The van der Waals surface area contributed by atoms with Crippen LogP contribution in [0.25, 0.3) is 0 Å². The van der Waals surface area contributed by atoms with E-state index in [1.165, 1.54) is 0 Å². The standard InChI is InChI=1S/C16H16BrNO2/c1-11-7-8-13(10-14(11)17)18-16(19)9-12-5-3-4-6-15(12)20-2/h3-8,10H,9H2,1-2H3,(H,18,19). The van der Waals surface area contributed by atoms with Gasteiger partial charge in [-0.3, -0.25) is 4.79 Å². The van der Waals surface area contributed by atoms with Gasteiger partial charge in [-0.25, -0.2) is 0 Å². The molecule has 0 spiro atoms. The molecule has 2 rings (SSSR count). The summed E-state index contributed by atoms with van der Waals surface area (Å²) in [6.45, 7) is 2.00. The van der Waals surface area contributed by atoms with Gasteiger partial charge in [0.2, 0.25) is 5.91 Å². The van der Waals surface area contributed by atoms with Gasteiger partial charge in [0.05, 0.1) is 13.5 Å². The topological polar surface area (TPSA) is 38.3 Å². The number of anilines is 1. The van der Waals surface area contributed by atoms with E-state index in [1.54, 1.807) is 7.11 Å². The first-order chi connectivity index (χ1) is 9.60. The fourth-order valence-corrected chi connectivity index (χ4v) is 2.28. The number of carbonyl (C=O) groups excluding carboxylic acids is 1. The third kappa shape index (κ3) is 3.61. The van der Waals surface area contributed by atoms with Crippen molar-refractivity contribution >= 4 is 27.5 Å². The first-order valence-corrected chi connectivity index (χ1v) is 7.07. The molecule has 4 heteroatoms. The summed E-state index contributed by atoms with van der Waals surface area (Å²) in [5, 5.41) is 2.89. The lowest BCUT2D eigenvalue weighted by atomic mass is 10.1. The third-order valence-corrected chi connectivity index (χ3v) is 3.85. The van der Waals surface area contributed by atoms with Crippen molar-refractivity contribution in [3.8, 4) is 5.75 Å². The zero-order chi connectivity index (χ0) is 14.5. The van der Waals surface area contributed by atoms with Gasteiger partial charge in [-0.15, -0.1) is 0 Å². The van der Waals surface area contributed by atoms with Gasteiger partial charge in [-0.1, -0.05) is 40.2 Å². The van der Waals surface area contributed by atoms with Crippen LogP contribution in [0, 0.1) is 6.92 Å². The molecule has 0 aliphatic rings. The minimum absolute atomic E-state index is 0.0646. The van der Waals surface area contributed by atoms with Gasteiger partial charge in [-0.2, -0.15) is 0 Å². The molecule has 0 aliphatic heterocycles. The SMILES string of the molecule is COc1ccccc1CC(=O)Nc1ccc(C)c(Br)c1. The Morgan fingerprint density at radius 1 is 1.25 bits per heavy atom. The number of ether oxygens (including phenoxy) is 1. The molecule has 2 aromatic carbocycles. The van der Waals surface area contributed by atoms with Crippen LogP contribution in [-0.2, 0) is 11.2 Å². The first kappa shape index (κ1) is 14.6. The van der Waals surface area contributed by atoms with E-state index in [4.69, 9.17) is 4.74 Å². The Bertz CT molecular complexity index is 626. The predicted molar refractivity (Wildman–Crippen MR) is 84.2 cm³/mol. The molecule has 2 aromatic rings. The fraction of sp³-hybridized carbons (Fsp3) is 0.188. The summed E-state index contributed by atoms with van der Waals surface area (Å²) in [5.74, 6) is 0.665. The van der Waals surface area contributed by atoms with Gasteiger partial charge >= 0.3 is 0 Å². The Labute approximate surface area is 127 Å². The van der Waals surface area contributed by atoms with Crippen molar-refractivity contribution in [2.45, 2.75) is 13.3 Å². The molecule has 0 bridgehead atoms. The Kier molecular flexibility index (Phi) is 4.79. The number of halogens is 1. The van der Waals surface area contributed by atoms with Crippen molar-refractivity contribution < 1.29 is 9.53 Å². The van der Waals surface area contributed by atoms with E-state index in [0.29, 0.717) is 0 Å². The molecule has 104 valence electrons. The number of hydrogen-bond donors (Lipinski definition) is 1. The minimum atomic E-state index is -0.0646. The zero-order valence-corrected chi connectivity index (χ0v) is 13.0. The Balaban J connectivity index is 2.07. The van der Waals surface area contributed by atoms with Crippen LogP contribution in [0.5, 0.6) is 5.75 Å². The van der Waals surface area contributed by atoms with Crippen molar-refractivity contribution in [3.63, 3.8) is 0 Å². The van der Waals surface area contributed by atoms with E-state index in [1.807, 2.05) is 49.4 Å². The zero-order valence-electron chi connectivity index (χ0n) is 11.4. The highest BCUT2D eigenvalue weighted by Crippen LogP contribution is 2.22. The molecule has 0 aromatic heterocycles. The molecule has 0 atom stereocenters. The lowest BCUT2D eigenvalue weighted by molar-refractivity contribution is -0.115. The summed E-state index contributed by atoms with van der Waals surface area (Å²) < 4.78 is 6.22. The average molecular weight is 334 g/mol. The van der Waals surface area contributed by atoms with Crippen molar-refractivity contribution in [1.29, 1.82) is 0 Å². The largest absolute Gasteiger partial charge is 0.496 e. The number of nitrogens with one attached hydrogen (secondary N) is 1. The fourth-order valence-electron chi connectivity index (χ4n) is 1.90. The Morgan fingerprint density at radius 2 is 2.00 bits per heavy atom. The highest BCUT2D eigenvalue weighted by Gasteiger charge is 2.09. The van der Waals surface area contributed by atoms with Crippen LogP contribution >= 0.6 is 15.9 Å². The third-order valence-electron chi connectivity index (χ3n) is 3.00. The van der Waals surface area contributed by atoms with Crippen LogP contribution in [0.3, 0.4) is 0 Å². The number of rotatable bonds is 4. The van der Waals surface area contributed by atoms with Gasteiger partial charge in [0.1, 0.15) is 5.75 Å². The molecule has 0 aliphatic carbocycles. The van der Waals surface area contributed by atoms with Gasteiger partial charge in [-0.05, 0) is 30.7 Å². The maximum Gasteiger partial charge on any atom is 0.228 e. The van der Waals surface area contributed by atoms with Crippen molar-refractivity contribution in [2.24, 2.45) is 0 Å². The molecule has 0 saturated carbocycles. The molecule has 3 nitrogen and oxygen atoms in total. The molecular formula is C16H16BrNO2. The number of hydrogen-bond acceptors (Lipinski definition) is 2. The van der Waals surface area contributed by atoms with E-state index < -0.39 is 0 Å². The lowest BCUT2D eigenvalue weighted by Gasteiger charge is -2.09. The summed E-state index contributed by atoms with van der Waals surface area (Å²) in [6, 6.07) is 13.3. The minimum Gasteiger partial charge on any atom is -0.496 e. The Hall–Kier alpha value is -1.81. The number of para-hydroxylation sites is 1. The van der Waals surface area contributed by atoms with Crippen LogP contribution in [0.2, 0.25) is 0 Å². The number of amides is 1. The van der Waals surface area contributed by atoms with E-state index >= 15 is 0 Å². The first-order valence-electron chi connectivity index (χ1n) is 6.28. The smallest absolute Gasteiger partial charge is 0.228 e. The summed E-state index contributed by atoms with van der Waals surface area (Å²) in [5.41, 5.74) is 2.79. The summed E-state index contributed by atoms with van der Waals surface area (Å²) in [4.78, 5) is 12.1. The van der Waals surface area contributed by atoms with Crippen LogP contribution in [-0.4, -0.2) is 13.0 Å². The number of benzene rings is 2. The molecule has 0 fully saturated rings. The molecule has 20 heavy (non-hydrogen) atoms. The Morgan fingerprint density at radius 3 is 2.70 bits per heavy atom. The van der Waals surface area contributed by atoms with Gasteiger partial charge in [0.25, 0.3) is 0 Å². The molecule has 0 heterocycles. The summed E-state index contributed by atoms with van der Waals surface area (Å²) >= 11 is 3.45. The normalized spacial score (nSPS) is 10.2. The summed E-state index contributed by atoms with van der Waals surface area (Å²) in [6.07, 6.45) is 0.287. The maximum atomic E-state index is 12.1. The van der Waals surface area contributed by atoms with E-state index in [0.717, 1.165) is 27.0 Å². The number of methoxy groups -OCH3 is 1. The second kappa shape index (κ2) is 6.57. The second-order valence-corrected chi connectivity index (χ2v) is 5.36. The van der Waals surface area contributed by atoms with Crippen LogP contribution in [0.1, 0.15) is 11.1 Å². The van der Waals surface area contributed by atoms with E-state index in [9.17, 15) is 4.79 Å². The van der Waals surface area contributed by atoms with Gasteiger partial charge < -0.3 is 10.1 Å². The lowest BCUT2D eigenvalue weighted by Crippen LogP contribution is -2.14. The van der Waals surface area contributed by atoms with Crippen LogP contribution in [0.15, 0.2) is 46.9 Å². The monoisotopic (exact) mass is 333 g/mol. The quantitative estimate of drug-likeness (QED) is 0.919. The number of carbonyl (C=O) groups is 1. The maximum absolute atomic E-state index is 12.1. The van der Waals surface area contributed by atoms with Crippen LogP contribution in [0.4, 0.5) is 5.69 Å². The highest BCUT2D eigenvalue weighted by atomic mass is 79.9. The van der Waals surface area contributed by atoms with Crippen molar-refractivity contribution in [3.05, 3.63) is 58.1 Å². The van der Waals surface area contributed by atoms with Gasteiger partial charge in [0, 0.05) is 15.7 Å². The molecule has 0 radical (unpaired) electrons. The molecule has 1 N–H and O–H groups in total. The molecule has 1 amide bonds. The van der Waals surface area contributed by atoms with E-state index in [-0.39, 0.29) is 12.3 Å². The molecular weight excluding hydrogens is 318 g/mol. The van der Waals surface area contributed by atoms with E-state index in [2.05, 4.69) is 21.2 Å². The average Bonchev–Trinajstić information content (AvgIpc) is 2.43. The van der Waals surface area contributed by atoms with Crippen molar-refractivity contribution in [2.75, 3.05) is 12.4 Å².